The third-order valence-corrected chi connectivity index (χ3v) is 6.00. The molecule has 7 heteroatoms. The van der Waals surface area contributed by atoms with E-state index in [0.29, 0.717) is 35.9 Å². The molecule has 1 saturated heterocycles. The number of benzene rings is 2. The van der Waals surface area contributed by atoms with Gasteiger partial charge in [0.2, 0.25) is 0 Å². The number of aliphatic imine (C=N–C) groups is 1. The molecule has 4 rings (SSSR count). The lowest BCUT2D eigenvalue weighted by molar-refractivity contribution is 0.102. The van der Waals surface area contributed by atoms with Crippen LogP contribution in [0.3, 0.4) is 0 Å². The van der Waals surface area contributed by atoms with Gasteiger partial charge < -0.3 is 19.5 Å². The van der Waals surface area contributed by atoms with Crippen LogP contribution < -0.4 is 19.5 Å². The van der Waals surface area contributed by atoms with Gasteiger partial charge >= 0.3 is 0 Å². The van der Waals surface area contributed by atoms with Gasteiger partial charge in [0.15, 0.2) is 11.5 Å². The first kappa shape index (κ1) is 22.9. The van der Waals surface area contributed by atoms with Gasteiger partial charge in [-0.15, -0.1) is 0 Å². The Morgan fingerprint density at radius 3 is 2.42 bits per heavy atom. The molecule has 1 N–H and O–H groups in total. The van der Waals surface area contributed by atoms with E-state index in [1.165, 1.54) is 19.3 Å². The van der Waals surface area contributed by atoms with Crippen molar-refractivity contribution in [2.45, 2.75) is 19.3 Å². The summed E-state index contributed by atoms with van der Waals surface area (Å²) in [5.41, 5.74) is 3.06. The molecule has 2 aliphatic rings. The molecule has 2 heterocycles. The van der Waals surface area contributed by atoms with E-state index >= 15 is 0 Å². The summed E-state index contributed by atoms with van der Waals surface area (Å²) < 4.78 is 16.8. The number of allylic oxidation sites excluding steroid dienone is 1. The van der Waals surface area contributed by atoms with E-state index < -0.39 is 0 Å². The molecule has 7 nitrogen and oxygen atoms in total. The van der Waals surface area contributed by atoms with Crippen LogP contribution in [0.25, 0.3) is 5.57 Å². The Balaban J connectivity index is 1.42. The van der Waals surface area contributed by atoms with E-state index in [1.807, 2.05) is 24.3 Å². The van der Waals surface area contributed by atoms with Gasteiger partial charge in [-0.3, -0.25) is 14.7 Å². The molecule has 0 aliphatic carbocycles. The van der Waals surface area contributed by atoms with E-state index in [1.54, 1.807) is 38.6 Å². The molecular weight excluding hydrogens is 418 g/mol. The lowest BCUT2D eigenvalue weighted by Gasteiger charge is -2.26. The smallest absolute Gasteiger partial charge is 0.255 e. The molecule has 2 aromatic rings. The number of hydrogen-bond donors (Lipinski definition) is 1. The summed E-state index contributed by atoms with van der Waals surface area (Å²) in [6.45, 7) is 4.46. The molecule has 2 aliphatic heterocycles. The molecule has 0 radical (unpaired) electrons. The van der Waals surface area contributed by atoms with E-state index in [4.69, 9.17) is 14.2 Å². The minimum absolute atomic E-state index is 0.206. The maximum atomic E-state index is 13.0. The number of nitrogens with zero attached hydrogens (tertiary/aromatic N) is 2. The molecule has 1 fully saturated rings. The molecule has 33 heavy (non-hydrogen) atoms. The van der Waals surface area contributed by atoms with Crippen LogP contribution in [0.1, 0.15) is 35.2 Å². The van der Waals surface area contributed by atoms with Crippen molar-refractivity contribution in [2.24, 2.45) is 4.99 Å². The number of nitrogens with one attached hydrogen (secondary N) is 1. The molecule has 1 amide bonds. The predicted molar refractivity (Wildman–Crippen MR) is 131 cm³/mol. The van der Waals surface area contributed by atoms with Crippen molar-refractivity contribution in [1.29, 1.82) is 0 Å². The quantitative estimate of drug-likeness (QED) is 0.618. The summed E-state index contributed by atoms with van der Waals surface area (Å²) in [6.07, 6.45) is 7.58. The van der Waals surface area contributed by atoms with Crippen molar-refractivity contribution in [1.82, 2.24) is 4.90 Å². The standard InChI is InChI=1S/C26H31N3O4/c1-31-24-16-22(20-10-11-27-18-20)23(17-25(24)32-2)28-26(30)19-6-8-21(9-7-19)33-15-14-29-12-4-3-5-13-29/h6-11,16-17H,3-5,12-15,18H2,1-2H3,(H,28,30). The van der Waals surface area contributed by atoms with Crippen molar-refractivity contribution < 1.29 is 19.0 Å². The molecule has 0 spiro atoms. The van der Waals surface area contributed by atoms with Crippen LogP contribution >= 0.6 is 0 Å². The highest BCUT2D eigenvalue weighted by Gasteiger charge is 2.18. The number of methoxy groups -OCH3 is 2. The number of anilines is 1. The molecule has 2 aromatic carbocycles. The highest BCUT2D eigenvalue weighted by atomic mass is 16.5. The van der Waals surface area contributed by atoms with Crippen LogP contribution in [0.4, 0.5) is 5.69 Å². The number of hydrogen-bond acceptors (Lipinski definition) is 6. The van der Waals surface area contributed by atoms with E-state index in [2.05, 4.69) is 15.2 Å². The summed E-state index contributed by atoms with van der Waals surface area (Å²) in [6, 6.07) is 10.9. The van der Waals surface area contributed by atoms with Gasteiger partial charge in [0.05, 0.1) is 26.5 Å². The number of carbonyl (C=O) groups is 1. The first-order valence-electron chi connectivity index (χ1n) is 11.4. The monoisotopic (exact) mass is 449 g/mol. The summed E-state index contributed by atoms with van der Waals surface area (Å²) in [5, 5.41) is 3.02. The molecule has 0 bridgehead atoms. The zero-order valence-electron chi connectivity index (χ0n) is 19.3. The van der Waals surface area contributed by atoms with Crippen molar-refractivity contribution >= 4 is 23.4 Å². The second kappa shape index (κ2) is 11.0. The maximum Gasteiger partial charge on any atom is 0.255 e. The Bertz CT molecular complexity index is 1020. The number of carbonyl (C=O) groups excluding carboxylic acids is 1. The van der Waals surface area contributed by atoms with Crippen molar-refractivity contribution in [3.8, 4) is 17.2 Å². The van der Waals surface area contributed by atoms with E-state index in [-0.39, 0.29) is 5.91 Å². The van der Waals surface area contributed by atoms with Crippen LogP contribution in [0.2, 0.25) is 0 Å². The first-order chi connectivity index (χ1) is 16.2. The third kappa shape index (κ3) is 5.73. The molecular formula is C26H31N3O4. The average Bonchev–Trinajstić information content (AvgIpc) is 3.39. The van der Waals surface area contributed by atoms with Crippen LogP contribution in [0.15, 0.2) is 47.5 Å². The van der Waals surface area contributed by atoms with Crippen molar-refractivity contribution in [3.05, 3.63) is 53.6 Å². The SMILES string of the molecule is COc1cc(NC(=O)c2ccc(OCCN3CCCCC3)cc2)c(C2=CC=NC2)cc1OC. The first-order valence-corrected chi connectivity index (χ1v) is 11.4. The Labute approximate surface area is 195 Å². The summed E-state index contributed by atoms with van der Waals surface area (Å²) in [4.78, 5) is 19.7. The van der Waals surface area contributed by atoms with Crippen LogP contribution in [0, 0.1) is 0 Å². The van der Waals surface area contributed by atoms with E-state index in [0.717, 1.165) is 36.5 Å². The minimum Gasteiger partial charge on any atom is -0.493 e. The lowest BCUT2D eigenvalue weighted by Crippen LogP contribution is -2.33. The Hall–Kier alpha value is -3.32. The van der Waals surface area contributed by atoms with Crippen LogP contribution in [-0.2, 0) is 0 Å². The van der Waals surface area contributed by atoms with Gasteiger partial charge in [-0.05, 0) is 67.9 Å². The van der Waals surface area contributed by atoms with Crippen LogP contribution in [0.5, 0.6) is 17.2 Å². The normalized spacial score (nSPS) is 15.8. The second-order valence-electron chi connectivity index (χ2n) is 8.16. The fourth-order valence-corrected chi connectivity index (χ4v) is 4.14. The third-order valence-electron chi connectivity index (χ3n) is 6.00. The Morgan fingerprint density at radius 2 is 1.76 bits per heavy atom. The van der Waals surface area contributed by atoms with E-state index in [9.17, 15) is 4.79 Å². The second-order valence-corrected chi connectivity index (χ2v) is 8.16. The largest absolute Gasteiger partial charge is 0.493 e. The Morgan fingerprint density at radius 1 is 1.03 bits per heavy atom. The summed E-state index contributed by atoms with van der Waals surface area (Å²) in [5.74, 6) is 1.71. The fourth-order valence-electron chi connectivity index (χ4n) is 4.14. The van der Waals surface area contributed by atoms with Gasteiger partial charge in [0.25, 0.3) is 5.91 Å². The summed E-state index contributed by atoms with van der Waals surface area (Å²) >= 11 is 0. The van der Waals surface area contributed by atoms with Gasteiger partial charge in [-0.1, -0.05) is 6.42 Å². The molecule has 0 aromatic heterocycles. The lowest BCUT2D eigenvalue weighted by atomic mass is 10.0. The Kier molecular flexibility index (Phi) is 7.62. The number of ether oxygens (including phenoxy) is 3. The predicted octanol–water partition coefficient (Wildman–Crippen LogP) is 4.29. The molecule has 0 saturated carbocycles. The minimum atomic E-state index is -0.206. The number of rotatable bonds is 9. The molecule has 0 atom stereocenters. The number of likely N-dealkylation sites (tertiary alicyclic amines) is 1. The van der Waals surface area contributed by atoms with Crippen molar-refractivity contribution in [3.63, 3.8) is 0 Å². The number of amides is 1. The van der Waals surface area contributed by atoms with Gasteiger partial charge in [0, 0.05) is 30.0 Å². The maximum absolute atomic E-state index is 13.0. The highest BCUT2D eigenvalue weighted by Crippen LogP contribution is 2.37. The van der Waals surface area contributed by atoms with Gasteiger partial charge in [-0.25, -0.2) is 0 Å². The fraction of sp³-hybridized carbons (Fsp3) is 0.385. The zero-order chi connectivity index (χ0) is 23.0. The van der Waals surface area contributed by atoms with Crippen molar-refractivity contribution in [2.75, 3.05) is 52.3 Å². The molecule has 0 unspecified atom stereocenters. The van der Waals surface area contributed by atoms with Gasteiger partial charge in [-0.2, -0.15) is 0 Å². The topological polar surface area (TPSA) is 72.4 Å². The van der Waals surface area contributed by atoms with Gasteiger partial charge in [0.1, 0.15) is 12.4 Å². The van der Waals surface area contributed by atoms with Crippen LogP contribution in [-0.4, -0.2) is 64.0 Å². The average molecular weight is 450 g/mol. The highest BCUT2D eigenvalue weighted by molar-refractivity contribution is 6.06. The zero-order valence-corrected chi connectivity index (χ0v) is 19.3. The summed E-state index contributed by atoms with van der Waals surface area (Å²) in [7, 11) is 3.17. The number of piperidine rings is 1. The molecule has 174 valence electrons.